The summed E-state index contributed by atoms with van der Waals surface area (Å²) in [6.45, 7) is 2.03. The van der Waals surface area contributed by atoms with E-state index in [1.807, 2.05) is 13.0 Å². The molecule has 2 rings (SSSR count). The molecule has 3 nitrogen and oxygen atoms in total. The molecule has 0 amide bonds. The fourth-order valence-electron chi connectivity index (χ4n) is 1.73. The largest absolute Gasteiger partial charge is 0.242 e. The molecular weight excluding hydrogens is 441 g/mol. The summed E-state index contributed by atoms with van der Waals surface area (Å²) in [5.74, 6) is 0. The van der Waals surface area contributed by atoms with Crippen molar-refractivity contribution in [2.24, 2.45) is 0 Å². The van der Waals surface area contributed by atoms with Crippen molar-refractivity contribution >= 4 is 53.5 Å². The first-order valence-electron chi connectivity index (χ1n) is 6.00. The van der Waals surface area contributed by atoms with Crippen molar-refractivity contribution in [1.29, 1.82) is 0 Å². The van der Waals surface area contributed by atoms with Gasteiger partial charge in [-0.3, -0.25) is 0 Å². The van der Waals surface area contributed by atoms with E-state index in [2.05, 4.69) is 36.6 Å². The van der Waals surface area contributed by atoms with Crippen molar-refractivity contribution in [2.75, 3.05) is 0 Å². The van der Waals surface area contributed by atoms with Gasteiger partial charge in [0.2, 0.25) is 10.0 Å². The quantitative estimate of drug-likeness (QED) is 0.732. The van der Waals surface area contributed by atoms with Crippen LogP contribution in [0.5, 0.6) is 0 Å². The Morgan fingerprint density at radius 1 is 1.14 bits per heavy atom. The molecule has 0 atom stereocenters. The van der Waals surface area contributed by atoms with Crippen molar-refractivity contribution in [2.45, 2.75) is 18.4 Å². The Hall–Kier alpha value is -0.400. The number of halogens is 3. The number of nitrogens with one attached hydrogen (secondary N) is 1. The Morgan fingerprint density at radius 2 is 1.81 bits per heavy atom. The lowest BCUT2D eigenvalue weighted by atomic mass is 10.2. The van der Waals surface area contributed by atoms with Crippen LogP contribution in [-0.4, -0.2) is 8.42 Å². The summed E-state index contributed by atoms with van der Waals surface area (Å²) in [7, 11) is -3.63. The van der Waals surface area contributed by atoms with E-state index in [-0.39, 0.29) is 11.4 Å². The zero-order chi connectivity index (χ0) is 15.6. The highest BCUT2D eigenvalue weighted by molar-refractivity contribution is 9.11. The van der Waals surface area contributed by atoms with E-state index in [1.165, 1.54) is 0 Å². The number of aryl methyl sites for hydroxylation is 1. The molecule has 0 aliphatic carbocycles. The van der Waals surface area contributed by atoms with Gasteiger partial charge in [-0.05, 0) is 52.2 Å². The highest BCUT2D eigenvalue weighted by Crippen LogP contribution is 2.29. The van der Waals surface area contributed by atoms with E-state index >= 15 is 0 Å². The molecule has 112 valence electrons. The molecule has 0 spiro atoms. The van der Waals surface area contributed by atoms with Gasteiger partial charge < -0.3 is 0 Å². The molecule has 21 heavy (non-hydrogen) atoms. The monoisotopic (exact) mass is 451 g/mol. The third kappa shape index (κ3) is 4.07. The molecule has 0 saturated heterocycles. The second-order valence-electron chi connectivity index (χ2n) is 4.45. The van der Waals surface area contributed by atoms with Crippen LogP contribution in [0.3, 0.4) is 0 Å². The zero-order valence-corrected chi connectivity index (χ0v) is 15.8. The van der Waals surface area contributed by atoms with Gasteiger partial charge in [0.05, 0.1) is 4.90 Å². The lowest BCUT2D eigenvalue weighted by Crippen LogP contribution is -2.23. The molecule has 0 radical (unpaired) electrons. The summed E-state index contributed by atoms with van der Waals surface area (Å²) in [5, 5.41) is 0.532. The molecule has 0 aliphatic heterocycles. The maximum Gasteiger partial charge on any atom is 0.242 e. The lowest BCUT2D eigenvalue weighted by molar-refractivity contribution is 0.580. The normalized spacial score (nSPS) is 11.6. The zero-order valence-electron chi connectivity index (χ0n) is 11.0. The molecule has 2 aromatic carbocycles. The number of hydrogen-bond acceptors (Lipinski definition) is 2. The van der Waals surface area contributed by atoms with Crippen molar-refractivity contribution in [3.63, 3.8) is 0 Å². The van der Waals surface area contributed by atoms with Gasteiger partial charge in [0.1, 0.15) is 0 Å². The van der Waals surface area contributed by atoms with E-state index in [0.29, 0.717) is 9.50 Å². The smallest absolute Gasteiger partial charge is 0.207 e. The molecule has 0 heterocycles. The Morgan fingerprint density at radius 3 is 2.48 bits per heavy atom. The van der Waals surface area contributed by atoms with Crippen LogP contribution in [0.25, 0.3) is 0 Å². The second-order valence-corrected chi connectivity index (χ2v) is 8.30. The molecule has 0 aromatic heterocycles. The maximum atomic E-state index is 12.4. The van der Waals surface area contributed by atoms with Gasteiger partial charge in [-0.2, -0.15) is 0 Å². The van der Waals surface area contributed by atoms with Crippen LogP contribution in [0.4, 0.5) is 0 Å². The molecular formula is C14H12Br2ClNO2S. The predicted molar refractivity (Wildman–Crippen MR) is 92.1 cm³/mol. The number of benzene rings is 2. The van der Waals surface area contributed by atoms with Gasteiger partial charge in [-0.25, -0.2) is 13.1 Å². The number of rotatable bonds is 4. The first-order chi connectivity index (χ1) is 9.81. The second kappa shape index (κ2) is 6.79. The molecule has 0 fully saturated rings. The van der Waals surface area contributed by atoms with E-state index in [1.54, 1.807) is 30.3 Å². The summed E-state index contributed by atoms with van der Waals surface area (Å²) in [4.78, 5) is 0.187. The first kappa shape index (κ1) is 17.0. The van der Waals surface area contributed by atoms with Crippen molar-refractivity contribution < 1.29 is 8.42 Å². The predicted octanol–water partition coefficient (Wildman–Crippen LogP) is 4.65. The molecule has 1 N–H and O–H groups in total. The van der Waals surface area contributed by atoms with Gasteiger partial charge in [-0.15, -0.1) is 0 Å². The van der Waals surface area contributed by atoms with E-state index in [9.17, 15) is 8.42 Å². The Bertz CT molecular complexity index is 779. The van der Waals surface area contributed by atoms with Crippen molar-refractivity contribution in [1.82, 2.24) is 4.72 Å². The summed E-state index contributed by atoms with van der Waals surface area (Å²) < 4.78 is 28.6. The lowest BCUT2D eigenvalue weighted by Gasteiger charge is -2.11. The third-order valence-electron chi connectivity index (χ3n) is 2.91. The highest BCUT2D eigenvalue weighted by Gasteiger charge is 2.19. The van der Waals surface area contributed by atoms with Crippen molar-refractivity contribution in [3.8, 4) is 0 Å². The Balaban J connectivity index is 2.27. The Kier molecular flexibility index (Phi) is 5.48. The van der Waals surface area contributed by atoms with Gasteiger partial charge in [-0.1, -0.05) is 45.7 Å². The SMILES string of the molecule is Cc1cc(Br)c(S(=O)(=O)NCc2ccccc2Cl)cc1Br. The van der Waals surface area contributed by atoms with Crippen LogP contribution in [0.2, 0.25) is 5.02 Å². The van der Waals surface area contributed by atoms with Crippen LogP contribution in [0.15, 0.2) is 50.2 Å². The minimum absolute atomic E-state index is 0.139. The number of sulfonamides is 1. The summed E-state index contributed by atoms with van der Waals surface area (Å²) in [5.41, 5.74) is 1.68. The third-order valence-corrected chi connectivity index (χ3v) is 6.50. The van der Waals surface area contributed by atoms with E-state index in [4.69, 9.17) is 11.6 Å². The molecule has 0 aliphatic rings. The molecule has 0 saturated carbocycles. The summed E-state index contributed by atoms with van der Waals surface area (Å²) >= 11 is 12.7. The maximum absolute atomic E-state index is 12.4. The highest BCUT2D eigenvalue weighted by atomic mass is 79.9. The van der Waals surface area contributed by atoms with Crippen LogP contribution in [0.1, 0.15) is 11.1 Å². The Labute approximate surface area is 146 Å². The fraction of sp³-hybridized carbons (Fsp3) is 0.143. The summed E-state index contributed by atoms with van der Waals surface area (Å²) in [6.07, 6.45) is 0. The van der Waals surface area contributed by atoms with Crippen LogP contribution in [0, 0.1) is 6.92 Å². The molecule has 7 heteroatoms. The minimum atomic E-state index is -3.63. The van der Waals surface area contributed by atoms with E-state index in [0.717, 1.165) is 15.6 Å². The first-order valence-corrected chi connectivity index (χ1v) is 9.44. The van der Waals surface area contributed by atoms with Gasteiger partial charge in [0.25, 0.3) is 0 Å². The van der Waals surface area contributed by atoms with Crippen LogP contribution >= 0.6 is 43.5 Å². The topological polar surface area (TPSA) is 46.2 Å². The minimum Gasteiger partial charge on any atom is -0.207 e. The van der Waals surface area contributed by atoms with Crippen molar-refractivity contribution in [3.05, 3.63) is 61.5 Å². The van der Waals surface area contributed by atoms with Gasteiger partial charge in [0, 0.05) is 20.5 Å². The average Bonchev–Trinajstić information content (AvgIpc) is 2.42. The van der Waals surface area contributed by atoms with Gasteiger partial charge >= 0.3 is 0 Å². The molecule has 2 aromatic rings. The standard InChI is InChI=1S/C14H12Br2ClNO2S/c1-9-6-12(16)14(7-11(9)15)21(19,20)18-8-10-4-2-3-5-13(10)17/h2-7,18H,8H2,1H3. The molecule has 0 unspecified atom stereocenters. The number of hydrogen-bond donors (Lipinski definition) is 1. The van der Waals surface area contributed by atoms with Crippen LogP contribution in [-0.2, 0) is 16.6 Å². The summed E-state index contributed by atoms with van der Waals surface area (Å²) in [6, 6.07) is 10.5. The average molecular weight is 454 g/mol. The van der Waals surface area contributed by atoms with Gasteiger partial charge in [0.15, 0.2) is 0 Å². The van der Waals surface area contributed by atoms with E-state index < -0.39 is 10.0 Å². The fourth-order valence-corrected chi connectivity index (χ4v) is 4.61. The van der Waals surface area contributed by atoms with Crippen LogP contribution < -0.4 is 4.72 Å². The molecule has 0 bridgehead atoms.